The molecular formula is C17H29N3O2. The molecule has 2 N–H and O–H groups in total. The third-order valence-corrected chi connectivity index (χ3v) is 2.90. The molecule has 0 saturated carbocycles. The number of rotatable bonds is 7. The summed E-state index contributed by atoms with van der Waals surface area (Å²) in [6, 6.07) is 7.93. The molecule has 0 saturated heterocycles. The van der Waals surface area contributed by atoms with Crippen molar-refractivity contribution in [1.82, 2.24) is 10.6 Å². The molecule has 5 heteroatoms. The summed E-state index contributed by atoms with van der Waals surface area (Å²) in [5, 5.41) is 6.60. The topological polar surface area (TPSA) is 54.9 Å². The van der Waals surface area contributed by atoms with E-state index in [1.807, 2.05) is 24.3 Å². The van der Waals surface area contributed by atoms with E-state index in [9.17, 15) is 0 Å². The monoisotopic (exact) mass is 307 g/mol. The van der Waals surface area contributed by atoms with Crippen LogP contribution in [0.15, 0.2) is 29.3 Å². The van der Waals surface area contributed by atoms with Gasteiger partial charge in [-0.05, 0) is 44.9 Å². The predicted octanol–water partition coefficient (Wildman–Crippen LogP) is 2.57. The molecule has 0 aliphatic heterocycles. The van der Waals surface area contributed by atoms with E-state index in [4.69, 9.17) is 9.47 Å². The summed E-state index contributed by atoms with van der Waals surface area (Å²) in [6.07, 6.45) is 0.932. The lowest BCUT2D eigenvalue weighted by Crippen LogP contribution is -2.47. The molecule has 0 bridgehead atoms. The second-order valence-corrected chi connectivity index (χ2v) is 6.13. The van der Waals surface area contributed by atoms with Gasteiger partial charge in [0.1, 0.15) is 5.75 Å². The van der Waals surface area contributed by atoms with Crippen molar-refractivity contribution in [2.45, 2.75) is 39.3 Å². The van der Waals surface area contributed by atoms with Crippen molar-refractivity contribution in [3.63, 3.8) is 0 Å². The SMILES string of the molecule is CN=C(NCCCOCc1ccc(OC)cc1)NC(C)(C)C. The van der Waals surface area contributed by atoms with Gasteiger partial charge >= 0.3 is 0 Å². The first-order valence-electron chi connectivity index (χ1n) is 7.64. The molecule has 0 amide bonds. The molecule has 1 aromatic rings. The highest BCUT2D eigenvalue weighted by Crippen LogP contribution is 2.11. The van der Waals surface area contributed by atoms with E-state index in [0.717, 1.165) is 30.2 Å². The number of nitrogens with zero attached hydrogens (tertiary/aromatic N) is 1. The van der Waals surface area contributed by atoms with E-state index in [0.29, 0.717) is 13.2 Å². The van der Waals surface area contributed by atoms with E-state index in [-0.39, 0.29) is 5.54 Å². The second-order valence-electron chi connectivity index (χ2n) is 6.13. The third kappa shape index (κ3) is 7.88. The summed E-state index contributed by atoms with van der Waals surface area (Å²) < 4.78 is 10.8. The predicted molar refractivity (Wildman–Crippen MR) is 91.5 cm³/mol. The molecule has 0 heterocycles. The fourth-order valence-corrected chi connectivity index (χ4v) is 1.83. The van der Waals surface area contributed by atoms with Gasteiger partial charge in [0, 0.05) is 25.7 Å². The van der Waals surface area contributed by atoms with Crippen molar-refractivity contribution in [2.24, 2.45) is 4.99 Å². The Labute approximate surface area is 134 Å². The van der Waals surface area contributed by atoms with Crippen LogP contribution in [0, 0.1) is 0 Å². The van der Waals surface area contributed by atoms with Gasteiger partial charge in [0.2, 0.25) is 0 Å². The highest BCUT2D eigenvalue weighted by Gasteiger charge is 2.10. The van der Waals surface area contributed by atoms with Crippen LogP contribution in [0.3, 0.4) is 0 Å². The molecule has 0 spiro atoms. The smallest absolute Gasteiger partial charge is 0.191 e. The molecular weight excluding hydrogens is 278 g/mol. The van der Waals surface area contributed by atoms with Crippen LogP contribution in [0.1, 0.15) is 32.8 Å². The largest absolute Gasteiger partial charge is 0.497 e. The maximum absolute atomic E-state index is 5.67. The first-order valence-corrected chi connectivity index (χ1v) is 7.64. The highest BCUT2D eigenvalue weighted by atomic mass is 16.5. The molecule has 0 fully saturated rings. The lowest BCUT2D eigenvalue weighted by atomic mass is 10.1. The number of methoxy groups -OCH3 is 1. The molecule has 124 valence electrons. The molecule has 0 aliphatic carbocycles. The van der Waals surface area contributed by atoms with E-state index in [1.54, 1.807) is 14.2 Å². The molecule has 0 atom stereocenters. The van der Waals surface area contributed by atoms with Crippen molar-refractivity contribution in [2.75, 3.05) is 27.3 Å². The van der Waals surface area contributed by atoms with Gasteiger partial charge in [0.25, 0.3) is 0 Å². The van der Waals surface area contributed by atoms with Gasteiger partial charge in [0.05, 0.1) is 13.7 Å². The maximum Gasteiger partial charge on any atom is 0.191 e. The van der Waals surface area contributed by atoms with Gasteiger partial charge in [-0.2, -0.15) is 0 Å². The Kier molecular flexibility index (Phi) is 7.74. The summed E-state index contributed by atoms with van der Waals surface area (Å²) in [5.74, 6) is 1.69. The Hall–Kier alpha value is -1.75. The molecule has 1 rings (SSSR count). The Morgan fingerprint density at radius 2 is 1.86 bits per heavy atom. The van der Waals surface area contributed by atoms with Crippen molar-refractivity contribution in [3.05, 3.63) is 29.8 Å². The van der Waals surface area contributed by atoms with Crippen LogP contribution in [0.4, 0.5) is 0 Å². The molecule has 1 aromatic carbocycles. The van der Waals surface area contributed by atoms with Crippen molar-refractivity contribution < 1.29 is 9.47 Å². The minimum atomic E-state index is 0.00666. The summed E-state index contributed by atoms with van der Waals surface area (Å²) in [5.41, 5.74) is 1.16. The zero-order valence-electron chi connectivity index (χ0n) is 14.4. The first kappa shape index (κ1) is 18.3. The normalized spacial score (nSPS) is 12.1. The average Bonchev–Trinajstić information content (AvgIpc) is 2.48. The Bertz CT molecular complexity index is 450. The maximum atomic E-state index is 5.67. The lowest BCUT2D eigenvalue weighted by molar-refractivity contribution is 0.119. The number of nitrogens with one attached hydrogen (secondary N) is 2. The number of hydrogen-bond donors (Lipinski definition) is 2. The highest BCUT2D eigenvalue weighted by molar-refractivity contribution is 5.80. The van der Waals surface area contributed by atoms with Crippen LogP contribution < -0.4 is 15.4 Å². The van der Waals surface area contributed by atoms with Gasteiger partial charge in [-0.1, -0.05) is 12.1 Å². The van der Waals surface area contributed by atoms with Crippen molar-refractivity contribution in [3.8, 4) is 5.75 Å². The van der Waals surface area contributed by atoms with Gasteiger partial charge in [-0.15, -0.1) is 0 Å². The van der Waals surface area contributed by atoms with E-state index in [2.05, 4.69) is 36.4 Å². The van der Waals surface area contributed by atoms with Crippen molar-refractivity contribution >= 4 is 5.96 Å². The molecule has 0 unspecified atom stereocenters. The zero-order chi connectivity index (χ0) is 16.4. The van der Waals surface area contributed by atoms with Gasteiger partial charge in [-0.25, -0.2) is 0 Å². The van der Waals surface area contributed by atoms with Crippen molar-refractivity contribution in [1.29, 1.82) is 0 Å². The number of guanidine groups is 1. The van der Waals surface area contributed by atoms with Gasteiger partial charge in [-0.3, -0.25) is 4.99 Å². The summed E-state index contributed by atoms with van der Waals surface area (Å²) in [4.78, 5) is 4.20. The number of ether oxygens (including phenoxy) is 2. The molecule has 5 nitrogen and oxygen atoms in total. The average molecular weight is 307 g/mol. The van der Waals surface area contributed by atoms with Gasteiger partial charge < -0.3 is 20.1 Å². The van der Waals surface area contributed by atoms with Crippen LogP contribution in [0.25, 0.3) is 0 Å². The van der Waals surface area contributed by atoms with E-state index < -0.39 is 0 Å². The molecule has 0 radical (unpaired) electrons. The van der Waals surface area contributed by atoms with Crippen LogP contribution in [0.2, 0.25) is 0 Å². The number of hydrogen-bond acceptors (Lipinski definition) is 3. The summed E-state index contributed by atoms with van der Waals surface area (Å²) in [7, 11) is 3.45. The summed E-state index contributed by atoms with van der Waals surface area (Å²) >= 11 is 0. The second kappa shape index (κ2) is 9.30. The standard InChI is InChI=1S/C17H29N3O2/c1-17(2,3)20-16(18-4)19-11-6-12-22-13-14-7-9-15(21-5)10-8-14/h7-10H,6,11-13H2,1-5H3,(H2,18,19,20). The minimum absolute atomic E-state index is 0.00666. The van der Waals surface area contributed by atoms with Crippen LogP contribution >= 0.6 is 0 Å². The minimum Gasteiger partial charge on any atom is -0.497 e. The van der Waals surface area contributed by atoms with Crippen LogP contribution in [0.5, 0.6) is 5.75 Å². The number of benzene rings is 1. The van der Waals surface area contributed by atoms with Crippen LogP contribution in [-0.2, 0) is 11.3 Å². The quantitative estimate of drug-likeness (QED) is 0.462. The van der Waals surface area contributed by atoms with E-state index in [1.165, 1.54) is 0 Å². The fraction of sp³-hybridized carbons (Fsp3) is 0.588. The Balaban J connectivity index is 2.14. The first-order chi connectivity index (χ1) is 10.4. The Morgan fingerprint density at radius 1 is 1.18 bits per heavy atom. The zero-order valence-corrected chi connectivity index (χ0v) is 14.4. The summed E-state index contributed by atoms with van der Waals surface area (Å²) in [6.45, 7) is 8.50. The van der Waals surface area contributed by atoms with Gasteiger partial charge in [0.15, 0.2) is 5.96 Å². The molecule has 0 aromatic heterocycles. The molecule has 0 aliphatic rings. The fourth-order valence-electron chi connectivity index (χ4n) is 1.83. The molecule has 22 heavy (non-hydrogen) atoms. The number of aliphatic imine (C=N–C) groups is 1. The lowest BCUT2D eigenvalue weighted by Gasteiger charge is -2.23. The Morgan fingerprint density at radius 3 is 2.41 bits per heavy atom. The van der Waals surface area contributed by atoms with Crippen LogP contribution in [-0.4, -0.2) is 38.8 Å². The van der Waals surface area contributed by atoms with E-state index >= 15 is 0 Å². The third-order valence-electron chi connectivity index (χ3n) is 2.90.